The van der Waals surface area contributed by atoms with Crippen LogP contribution in [-0.2, 0) is 11.2 Å². The number of aliphatic hydroxyl groups is 1. The Morgan fingerprint density at radius 3 is 2.69 bits per heavy atom. The van der Waals surface area contributed by atoms with E-state index in [9.17, 15) is 5.11 Å². The molecule has 1 unspecified atom stereocenters. The average Bonchev–Trinajstić information content (AvgIpc) is 2.28. The van der Waals surface area contributed by atoms with E-state index >= 15 is 0 Å². The first-order valence-electron chi connectivity index (χ1n) is 6.04. The Morgan fingerprint density at radius 2 is 2.19 bits per heavy atom. The Morgan fingerprint density at radius 1 is 1.44 bits per heavy atom. The van der Waals surface area contributed by atoms with Gasteiger partial charge in [-0.1, -0.05) is 31.2 Å². The quantitative estimate of drug-likeness (QED) is 0.845. The normalized spacial score (nSPS) is 20.2. The third kappa shape index (κ3) is 1.87. The lowest BCUT2D eigenvalue weighted by atomic mass is 9.73. The van der Waals surface area contributed by atoms with Crippen LogP contribution in [0.1, 0.15) is 43.4 Å². The molecule has 1 saturated carbocycles. The van der Waals surface area contributed by atoms with Gasteiger partial charge in [0.2, 0.25) is 0 Å². The molecule has 0 spiro atoms. The van der Waals surface area contributed by atoms with Gasteiger partial charge in [-0.25, -0.2) is 0 Å². The highest BCUT2D eigenvalue weighted by Crippen LogP contribution is 2.44. The van der Waals surface area contributed by atoms with Crippen LogP contribution in [0.5, 0.6) is 0 Å². The van der Waals surface area contributed by atoms with Crippen LogP contribution in [0.2, 0.25) is 0 Å². The fourth-order valence-corrected chi connectivity index (χ4v) is 2.40. The van der Waals surface area contributed by atoms with Gasteiger partial charge in [-0.15, -0.1) is 0 Å². The maximum absolute atomic E-state index is 10.4. The molecule has 0 aliphatic heterocycles. The summed E-state index contributed by atoms with van der Waals surface area (Å²) in [5, 5.41) is 10.4. The Kier molecular flexibility index (Phi) is 3.31. The predicted molar refractivity (Wildman–Crippen MR) is 64.4 cm³/mol. The van der Waals surface area contributed by atoms with Crippen molar-refractivity contribution in [3.63, 3.8) is 0 Å². The largest absolute Gasteiger partial charge is 0.385 e. The van der Waals surface area contributed by atoms with Gasteiger partial charge in [-0.2, -0.15) is 0 Å². The first-order chi connectivity index (χ1) is 7.72. The van der Waals surface area contributed by atoms with Crippen LogP contribution in [0.15, 0.2) is 24.3 Å². The molecule has 2 heteroatoms. The monoisotopic (exact) mass is 220 g/mol. The van der Waals surface area contributed by atoms with Gasteiger partial charge in [0.15, 0.2) is 0 Å². The van der Waals surface area contributed by atoms with E-state index in [0.29, 0.717) is 0 Å². The third-order valence-electron chi connectivity index (χ3n) is 3.78. The van der Waals surface area contributed by atoms with Crippen molar-refractivity contribution in [1.82, 2.24) is 0 Å². The van der Waals surface area contributed by atoms with Crippen LogP contribution in [0, 0.1) is 0 Å². The van der Waals surface area contributed by atoms with E-state index < -0.39 is 6.10 Å². The number of ether oxygens (including phenoxy) is 1. The minimum absolute atomic E-state index is 0.327. The lowest BCUT2D eigenvalue weighted by Gasteiger charge is -2.44. The minimum Gasteiger partial charge on any atom is -0.385 e. The Balaban J connectivity index is 2.22. The summed E-state index contributed by atoms with van der Waals surface area (Å²) in [4.78, 5) is 0. The molecule has 16 heavy (non-hydrogen) atoms. The van der Waals surface area contributed by atoms with Gasteiger partial charge < -0.3 is 9.84 Å². The summed E-state index contributed by atoms with van der Waals surface area (Å²) in [7, 11) is 1.70. The summed E-state index contributed by atoms with van der Waals surface area (Å²) in [6.07, 6.45) is 3.58. The van der Waals surface area contributed by atoms with Gasteiger partial charge in [0, 0.05) is 7.11 Å². The number of rotatable bonds is 4. The van der Waals surface area contributed by atoms with Crippen molar-refractivity contribution in [2.45, 2.75) is 44.3 Å². The highest BCUT2D eigenvalue weighted by atomic mass is 16.5. The number of aliphatic hydroxyl groups excluding tert-OH is 1. The molecule has 2 nitrogen and oxygen atoms in total. The molecule has 88 valence electrons. The van der Waals surface area contributed by atoms with E-state index in [1.54, 1.807) is 7.11 Å². The zero-order valence-electron chi connectivity index (χ0n) is 10.1. The van der Waals surface area contributed by atoms with Crippen molar-refractivity contribution < 1.29 is 9.84 Å². The Bertz CT molecular complexity index is 350. The molecule has 0 amide bonds. The molecular formula is C14H20O2. The molecule has 1 fully saturated rings. The van der Waals surface area contributed by atoms with Gasteiger partial charge in [0.25, 0.3) is 0 Å². The lowest BCUT2D eigenvalue weighted by molar-refractivity contribution is -0.151. The van der Waals surface area contributed by atoms with Gasteiger partial charge in [-0.3, -0.25) is 0 Å². The van der Waals surface area contributed by atoms with Crippen molar-refractivity contribution in [1.29, 1.82) is 0 Å². The second kappa shape index (κ2) is 4.56. The van der Waals surface area contributed by atoms with E-state index in [1.807, 2.05) is 12.1 Å². The van der Waals surface area contributed by atoms with Crippen molar-refractivity contribution in [2.75, 3.05) is 7.11 Å². The fraction of sp³-hybridized carbons (Fsp3) is 0.571. The predicted octanol–water partition coefficient (Wildman–Crippen LogP) is 2.85. The standard InChI is InChI=1S/C14H20O2/c1-3-11-6-4-7-12(10-11)13(15)14(16-2)8-5-9-14/h4,6-7,10,13,15H,3,5,8-9H2,1-2H3. The first kappa shape index (κ1) is 11.6. The van der Waals surface area contributed by atoms with E-state index in [1.165, 1.54) is 5.56 Å². The van der Waals surface area contributed by atoms with Crippen LogP contribution in [0.3, 0.4) is 0 Å². The zero-order chi connectivity index (χ0) is 11.6. The summed E-state index contributed by atoms with van der Waals surface area (Å²) in [5.41, 5.74) is 1.93. The van der Waals surface area contributed by atoms with Crippen LogP contribution in [0.25, 0.3) is 0 Å². The van der Waals surface area contributed by atoms with Crippen LogP contribution in [0.4, 0.5) is 0 Å². The first-order valence-corrected chi connectivity index (χ1v) is 6.04. The lowest BCUT2D eigenvalue weighted by Crippen LogP contribution is -2.45. The van der Waals surface area contributed by atoms with E-state index in [-0.39, 0.29) is 5.60 Å². The van der Waals surface area contributed by atoms with Crippen LogP contribution < -0.4 is 0 Å². The molecule has 1 aromatic carbocycles. The van der Waals surface area contributed by atoms with Crippen LogP contribution in [-0.4, -0.2) is 17.8 Å². The SMILES string of the molecule is CCc1cccc(C(O)C2(OC)CCC2)c1. The molecule has 0 heterocycles. The van der Waals surface area contributed by atoms with E-state index in [4.69, 9.17) is 4.74 Å². The maximum atomic E-state index is 10.4. The van der Waals surface area contributed by atoms with Crippen molar-refractivity contribution in [3.8, 4) is 0 Å². The smallest absolute Gasteiger partial charge is 0.108 e. The van der Waals surface area contributed by atoms with E-state index in [2.05, 4.69) is 19.1 Å². The van der Waals surface area contributed by atoms with Crippen molar-refractivity contribution >= 4 is 0 Å². The topological polar surface area (TPSA) is 29.5 Å². The Labute approximate surface area is 97.3 Å². The molecule has 1 N–H and O–H groups in total. The molecular weight excluding hydrogens is 200 g/mol. The number of methoxy groups -OCH3 is 1. The second-order valence-electron chi connectivity index (χ2n) is 4.62. The third-order valence-corrected chi connectivity index (χ3v) is 3.78. The molecule has 1 aliphatic carbocycles. The maximum Gasteiger partial charge on any atom is 0.108 e. The highest BCUT2D eigenvalue weighted by molar-refractivity contribution is 5.27. The molecule has 0 saturated heterocycles. The molecule has 0 bridgehead atoms. The summed E-state index contributed by atoms with van der Waals surface area (Å²) in [6.45, 7) is 2.13. The number of benzene rings is 1. The average molecular weight is 220 g/mol. The zero-order valence-corrected chi connectivity index (χ0v) is 10.1. The summed E-state index contributed by atoms with van der Waals surface area (Å²) < 4.78 is 5.51. The second-order valence-corrected chi connectivity index (χ2v) is 4.62. The minimum atomic E-state index is -0.488. The number of hydrogen-bond acceptors (Lipinski definition) is 2. The molecule has 0 aromatic heterocycles. The van der Waals surface area contributed by atoms with Gasteiger partial charge in [0.1, 0.15) is 6.10 Å². The molecule has 1 atom stereocenters. The van der Waals surface area contributed by atoms with Crippen LogP contribution >= 0.6 is 0 Å². The van der Waals surface area contributed by atoms with Crippen molar-refractivity contribution in [3.05, 3.63) is 35.4 Å². The summed E-state index contributed by atoms with van der Waals surface area (Å²) in [6, 6.07) is 8.18. The number of aryl methyl sites for hydroxylation is 1. The van der Waals surface area contributed by atoms with Gasteiger partial charge in [-0.05, 0) is 36.8 Å². The fourth-order valence-electron chi connectivity index (χ4n) is 2.40. The highest BCUT2D eigenvalue weighted by Gasteiger charge is 2.44. The summed E-state index contributed by atoms with van der Waals surface area (Å²) >= 11 is 0. The van der Waals surface area contributed by atoms with Gasteiger partial charge in [0.05, 0.1) is 5.60 Å². The van der Waals surface area contributed by atoms with E-state index in [0.717, 1.165) is 31.2 Å². The molecule has 1 aliphatic rings. The Hall–Kier alpha value is -0.860. The molecule has 1 aromatic rings. The van der Waals surface area contributed by atoms with Gasteiger partial charge >= 0.3 is 0 Å². The van der Waals surface area contributed by atoms with Crippen molar-refractivity contribution in [2.24, 2.45) is 0 Å². The summed E-state index contributed by atoms with van der Waals surface area (Å²) in [5.74, 6) is 0. The molecule has 0 radical (unpaired) electrons. The molecule has 2 rings (SSSR count). The number of hydrogen-bond donors (Lipinski definition) is 1.